The third-order valence-corrected chi connectivity index (χ3v) is 3.64. The monoisotopic (exact) mass is 322 g/mol. The molecular weight excluding hydrogens is 300 g/mol. The Bertz CT molecular complexity index is 760. The van der Waals surface area contributed by atoms with Crippen molar-refractivity contribution < 1.29 is 4.79 Å². The maximum atomic E-state index is 11.6. The minimum Gasteiger partial charge on any atom is -0.380 e. The summed E-state index contributed by atoms with van der Waals surface area (Å²) in [6.07, 6.45) is 1.36. The Balaban J connectivity index is 2.03. The van der Waals surface area contributed by atoms with Gasteiger partial charge in [0, 0.05) is 24.3 Å². The third kappa shape index (κ3) is 4.56. The van der Waals surface area contributed by atoms with Crippen molar-refractivity contribution in [3.63, 3.8) is 0 Å². The number of aryl methyl sites for hydroxylation is 2. The Kier molecular flexibility index (Phi) is 5.91. The van der Waals surface area contributed by atoms with Crippen molar-refractivity contribution in [3.8, 4) is 6.07 Å². The zero-order chi connectivity index (χ0) is 17.5. The van der Waals surface area contributed by atoms with Crippen molar-refractivity contribution in [2.75, 3.05) is 10.6 Å². The minimum atomic E-state index is 0.0322. The number of carbonyl (C=O) groups is 1. The number of carbonyl (C=O) groups excluding carboxylic acids is 1. The van der Waals surface area contributed by atoms with E-state index in [0.717, 1.165) is 34.7 Å². The summed E-state index contributed by atoms with van der Waals surface area (Å²) < 4.78 is 0. The van der Waals surface area contributed by atoms with E-state index >= 15 is 0 Å². The quantitative estimate of drug-likeness (QED) is 0.845. The minimum absolute atomic E-state index is 0.0322. The number of hydrogen-bond donors (Lipinski definition) is 2. The van der Waals surface area contributed by atoms with Gasteiger partial charge in [0.25, 0.3) is 0 Å². The van der Waals surface area contributed by atoms with Crippen molar-refractivity contribution in [3.05, 3.63) is 52.8 Å². The molecule has 5 nitrogen and oxygen atoms in total. The second kappa shape index (κ2) is 8.11. The van der Waals surface area contributed by atoms with Crippen LogP contribution in [-0.4, -0.2) is 10.9 Å². The maximum absolute atomic E-state index is 11.6. The fourth-order valence-electron chi connectivity index (χ4n) is 2.46. The Morgan fingerprint density at radius 1 is 1.25 bits per heavy atom. The van der Waals surface area contributed by atoms with E-state index in [0.29, 0.717) is 18.5 Å². The molecule has 0 saturated carbocycles. The molecule has 0 aliphatic heterocycles. The molecule has 24 heavy (non-hydrogen) atoms. The lowest BCUT2D eigenvalue weighted by molar-refractivity contribution is -0.116. The molecule has 0 unspecified atom stereocenters. The van der Waals surface area contributed by atoms with E-state index in [-0.39, 0.29) is 5.91 Å². The van der Waals surface area contributed by atoms with Crippen LogP contribution < -0.4 is 10.6 Å². The molecule has 0 fully saturated rings. The lowest BCUT2D eigenvalue weighted by Crippen LogP contribution is -2.10. The SMILES string of the molecule is CCCC(=O)Nc1ccc(CNc2cc(C)nc(C)c2C#N)cc1. The molecule has 2 aromatic rings. The van der Waals surface area contributed by atoms with E-state index in [4.69, 9.17) is 0 Å². The lowest BCUT2D eigenvalue weighted by atomic mass is 10.1. The van der Waals surface area contributed by atoms with Gasteiger partial charge in [-0.15, -0.1) is 0 Å². The van der Waals surface area contributed by atoms with Crippen LogP contribution in [-0.2, 0) is 11.3 Å². The molecule has 1 heterocycles. The van der Waals surface area contributed by atoms with Crippen molar-refractivity contribution in [2.24, 2.45) is 0 Å². The smallest absolute Gasteiger partial charge is 0.224 e. The van der Waals surface area contributed by atoms with Gasteiger partial charge < -0.3 is 10.6 Å². The number of rotatable bonds is 6. The second-order valence-corrected chi connectivity index (χ2v) is 5.73. The van der Waals surface area contributed by atoms with Gasteiger partial charge in [0.15, 0.2) is 0 Å². The number of hydrogen-bond acceptors (Lipinski definition) is 4. The molecule has 0 aliphatic rings. The van der Waals surface area contributed by atoms with Gasteiger partial charge in [-0.3, -0.25) is 9.78 Å². The van der Waals surface area contributed by atoms with Gasteiger partial charge in [0.2, 0.25) is 5.91 Å². The summed E-state index contributed by atoms with van der Waals surface area (Å²) in [6.45, 7) is 6.32. The van der Waals surface area contributed by atoms with E-state index in [1.54, 1.807) is 0 Å². The number of anilines is 2. The molecule has 0 atom stereocenters. The highest BCUT2D eigenvalue weighted by atomic mass is 16.1. The number of benzene rings is 1. The summed E-state index contributed by atoms with van der Waals surface area (Å²) in [6, 6.07) is 11.8. The third-order valence-electron chi connectivity index (χ3n) is 3.64. The van der Waals surface area contributed by atoms with Gasteiger partial charge in [-0.25, -0.2) is 0 Å². The Labute approximate surface area is 142 Å². The van der Waals surface area contributed by atoms with Crippen LogP contribution in [0.5, 0.6) is 0 Å². The number of pyridine rings is 1. The zero-order valence-electron chi connectivity index (χ0n) is 14.3. The summed E-state index contributed by atoms with van der Waals surface area (Å²) in [5.74, 6) is 0.0322. The number of aromatic nitrogens is 1. The predicted molar refractivity (Wildman–Crippen MR) is 95.7 cm³/mol. The molecule has 5 heteroatoms. The molecule has 1 amide bonds. The van der Waals surface area contributed by atoms with Gasteiger partial charge in [0.1, 0.15) is 6.07 Å². The Morgan fingerprint density at radius 3 is 2.58 bits per heavy atom. The summed E-state index contributed by atoms with van der Waals surface area (Å²) >= 11 is 0. The summed E-state index contributed by atoms with van der Waals surface area (Å²) in [5.41, 5.74) is 4.84. The van der Waals surface area contributed by atoms with Crippen LogP contribution in [0.1, 0.15) is 42.3 Å². The van der Waals surface area contributed by atoms with Crippen LogP contribution in [0.25, 0.3) is 0 Å². The van der Waals surface area contributed by atoms with Crippen LogP contribution in [0.2, 0.25) is 0 Å². The van der Waals surface area contributed by atoms with Gasteiger partial charge >= 0.3 is 0 Å². The fraction of sp³-hybridized carbons (Fsp3) is 0.316. The number of nitrogens with one attached hydrogen (secondary N) is 2. The zero-order valence-corrected chi connectivity index (χ0v) is 14.3. The highest BCUT2D eigenvalue weighted by Gasteiger charge is 2.08. The lowest BCUT2D eigenvalue weighted by Gasteiger charge is -2.11. The number of amides is 1. The molecule has 1 aromatic heterocycles. The predicted octanol–water partition coefficient (Wildman–Crippen LogP) is 3.92. The first-order valence-electron chi connectivity index (χ1n) is 8.04. The van der Waals surface area contributed by atoms with Crippen LogP contribution in [0.15, 0.2) is 30.3 Å². The molecular formula is C19H22N4O. The van der Waals surface area contributed by atoms with Crippen molar-refractivity contribution in [1.29, 1.82) is 5.26 Å². The second-order valence-electron chi connectivity index (χ2n) is 5.73. The Hall–Kier alpha value is -2.87. The number of nitrogens with zero attached hydrogens (tertiary/aromatic N) is 2. The highest BCUT2D eigenvalue weighted by Crippen LogP contribution is 2.20. The summed E-state index contributed by atoms with van der Waals surface area (Å²) in [5, 5.41) is 15.4. The van der Waals surface area contributed by atoms with E-state index in [2.05, 4.69) is 21.7 Å². The first-order chi connectivity index (χ1) is 11.5. The van der Waals surface area contributed by atoms with Crippen LogP contribution in [0.3, 0.4) is 0 Å². The van der Waals surface area contributed by atoms with E-state index < -0.39 is 0 Å². The van der Waals surface area contributed by atoms with Crippen molar-refractivity contribution in [1.82, 2.24) is 4.98 Å². The van der Waals surface area contributed by atoms with E-state index in [1.807, 2.05) is 51.1 Å². The molecule has 2 rings (SSSR count). The normalized spacial score (nSPS) is 10.1. The molecule has 0 bridgehead atoms. The Morgan fingerprint density at radius 2 is 1.96 bits per heavy atom. The summed E-state index contributed by atoms with van der Waals surface area (Å²) in [7, 11) is 0. The topological polar surface area (TPSA) is 77.8 Å². The van der Waals surface area contributed by atoms with Crippen LogP contribution in [0, 0.1) is 25.2 Å². The fourth-order valence-corrected chi connectivity index (χ4v) is 2.46. The van der Waals surface area contributed by atoms with Crippen molar-refractivity contribution >= 4 is 17.3 Å². The van der Waals surface area contributed by atoms with Crippen LogP contribution in [0.4, 0.5) is 11.4 Å². The van der Waals surface area contributed by atoms with Gasteiger partial charge in [0.05, 0.1) is 16.9 Å². The molecule has 2 N–H and O–H groups in total. The van der Waals surface area contributed by atoms with Crippen molar-refractivity contribution in [2.45, 2.75) is 40.2 Å². The average molecular weight is 322 g/mol. The molecule has 0 aliphatic carbocycles. The van der Waals surface area contributed by atoms with E-state index in [9.17, 15) is 10.1 Å². The standard InChI is InChI=1S/C19H22N4O/c1-4-5-19(24)23-16-8-6-15(7-9-16)12-21-18-10-13(2)22-14(3)17(18)11-20/h6-10H,4-5,12H2,1-3H3,(H,21,22)(H,23,24). The van der Waals surface area contributed by atoms with Gasteiger partial charge in [-0.05, 0) is 44.0 Å². The van der Waals surface area contributed by atoms with E-state index in [1.165, 1.54) is 0 Å². The number of nitriles is 1. The average Bonchev–Trinajstić information content (AvgIpc) is 2.54. The highest BCUT2D eigenvalue weighted by molar-refractivity contribution is 5.90. The largest absolute Gasteiger partial charge is 0.380 e. The van der Waals surface area contributed by atoms with Crippen LogP contribution >= 0.6 is 0 Å². The summed E-state index contributed by atoms with van der Waals surface area (Å²) in [4.78, 5) is 15.9. The van der Waals surface area contributed by atoms with Gasteiger partial charge in [-0.2, -0.15) is 5.26 Å². The molecule has 0 spiro atoms. The molecule has 124 valence electrons. The maximum Gasteiger partial charge on any atom is 0.224 e. The first kappa shape index (κ1) is 17.5. The molecule has 1 aromatic carbocycles. The molecule has 0 radical (unpaired) electrons. The molecule has 0 saturated heterocycles. The first-order valence-corrected chi connectivity index (χ1v) is 8.04. The van der Waals surface area contributed by atoms with Gasteiger partial charge in [-0.1, -0.05) is 19.1 Å².